The molecule has 2 unspecified atom stereocenters. The Bertz CT molecular complexity index is 254. The third-order valence-corrected chi connectivity index (χ3v) is 5.60. The summed E-state index contributed by atoms with van der Waals surface area (Å²) in [5.74, 6) is 0.947. The van der Waals surface area contributed by atoms with Crippen LogP contribution in [0.4, 0.5) is 0 Å². The van der Waals surface area contributed by atoms with Gasteiger partial charge in [-0.3, -0.25) is 0 Å². The highest BCUT2D eigenvalue weighted by molar-refractivity contribution is 5.05. The minimum atomic E-state index is -0.0727. The molecule has 98 valence electrons. The lowest BCUT2D eigenvalue weighted by Gasteiger charge is -2.55. The van der Waals surface area contributed by atoms with E-state index in [0.717, 1.165) is 18.9 Å². The maximum absolute atomic E-state index is 10.1. The van der Waals surface area contributed by atoms with Crippen molar-refractivity contribution in [3.8, 4) is 0 Å². The Morgan fingerprint density at radius 2 is 1.82 bits per heavy atom. The summed E-state index contributed by atoms with van der Waals surface area (Å²) in [6.45, 7) is 0.934. The van der Waals surface area contributed by atoms with E-state index in [4.69, 9.17) is 4.74 Å². The minimum Gasteiger partial charge on any atom is -0.392 e. The Morgan fingerprint density at radius 1 is 1.06 bits per heavy atom. The molecule has 2 nitrogen and oxygen atoms in total. The lowest BCUT2D eigenvalue weighted by molar-refractivity contribution is -0.207. The summed E-state index contributed by atoms with van der Waals surface area (Å²) >= 11 is 0. The molecule has 2 atom stereocenters. The van der Waals surface area contributed by atoms with Crippen LogP contribution < -0.4 is 0 Å². The SMILES string of the molecule is OC1CC(OCCC2CCC2)C12CCCCC2. The van der Waals surface area contributed by atoms with Gasteiger partial charge in [0.25, 0.3) is 0 Å². The van der Waals surface area contributed by atoms with Crippen LogP contribution in [0, 0.1) is 11.3 Å². The second kappa shape index (κ2) is 4.89. The number of aliphatic hydroxyl groups excluding tert-OH is 1. The normalized spacial score (nSPS) is 36.5. The summed E-state index contributed by atoms with van der Waals surface area (Å²) in [7, 11) is 0. The molecule has 0 aliphatic heterocycles. The molecule has 3 saturated carbocycles. The van der Waals surface area contributed by atoms with Crippen LogP contribution in [0.25, 0.3) is 0 Å². The van der Waals surface area contributed by atoms with Crippen LogP contribution in [-0.4, -0.2) is 23.9 Å². The van der Waals surface area contributed by atoms with Crippen molar-refractivity contribution in [2.45, 2.75) is 76.4 Å². The molecular weight excluding hydrogens is 212 g/mol. The van der Waals surface area contributed by atoms with Gasteiger partial charge in [-0.05, 0) is 25.2 Å². The standard InChI is InChI=1S/C15H26O2/c16-13-11-14(15(13)8-2-1-3-9-15)17-10-7-12-5-4-6-12/h12-14,16H,1-11H2. The first-order chi connectivity index (χ1) is 8.31. The first-order valence-electron chi connectivity index (χ1n) is 7.61. The first-order valence-corrected chi connectivity index (χ1v) is 7.61. The molecule has 3 aliphatic rings. The molecule has 0 radical (unpaired) electrons. The van der Waals surface area contributed by atoms with Crippen molar-refractivity contribution >= 4 is 0 Å². The second-order valence-electron chi connectivity index (χ2n) is 6.49. The quantitative estimate of drug-likeness (QED) is 0.814. The number of aliphatic hydroxyl groups is 1. The summed E-state index contributed by atoms with van der Waals surface area (Å²) in [5, 5.41) is 10.1. The van der Waals surface area contributed by atoms with Gasteiger partial charge in [0.2, 0.25) is 0 Å². The van der Waals surface area contributed by atoms with Gasteiger partial charge in [-0.15, -0.1) is 0 Å². The van der Waals surface area contributed by atoms with Gasteiger partial charge in [0.15, 0.2) is 0 Å². The van der Waals surface area contributed by atoms with Crippen LogP contribution in [0.5, 0.6) is 0 Å². The molecule has 1 spiro atoms. The zero-order chi connectivity index (χ0) is 11.7. The van der Waals surface area contributed by atoms with Crippen LogP contribution in [0.1, 0.15) is 64.2 Å². The average molecular weight is 238 g/mol. The van der Waals surface area contributed by atoms with Crippen molar-refractivity contribution in [2.24, 2.45) is 11.3 Å². The van der Waals surface area contributed by atoms with Crippen molar-refractivity contribution in [2.75, 3.05) is 6.61 Å². The van der Waals surface area contributed by atoms with Gasteiger partial charge in [-0.1, -0.05) is 38.5 Å². The van der Waals surface area contributed by atoms with Gasteiger partial charge in [-0.25, -0.2) is 0 Å². The highest BCUT2D eigenvalue weighted by Gasteiger charge is 2.55. The highest BCUT2D eigenvalue weighted by atomic mass is 16.5. The van der Waals surface area contributed by atoms with Gasteiger partial charge in [0, 0.05) is 18.4 Å². The van der Waals surface area contributed by atoms with E-state index in [-0.39, 0.29) is 11.5 Å². The fraction of sp³-hybridized carbons (Fsp3) is 1.00. The largest absolute Gasteiger partial charge is 0.392 e. The van der Waals surface area contributed by atoms with E-state index < -0.39 is 0 Å². The number of hydrogen-bond acceptors (Lipinski definition) is 2. The molecule has 0 bridgehead atoms. The Balaban J connectivity index is 1.46. The van der Waals surface area contributed by atoms with Crippen molar-refractivity contribution in [1.29, 1.82) is 0 Å². The number of rotatable bonds is 4. The molecule has 0 heterocycles. The van der Waals surface area contributed by atoms with E-state index in [1.807, 2.05) is 0 Å². The highest BCUT2D eigenvalue weighted by Crippen LogP contribution is 2.53. The number of hydrogen-bond donors (Lipinski definition) is 1. The number of ether oxygens (including phenoxy) is 1. The van der Waals surface area contributed by atoms with Crippen LogP contribution in [0.2, 0.25) is 0 Å². The van der Waals surface area contributed by atoms with E-state index in [1.54, 1.807) is 0 Å². The Morgan fingerprint density at radius 3 is 2.41 bits per heavy atom. The maximum Gasteiger partial charge on any atom is 0.0680 e. The Hall–Kier alpha value is -0.0800. The van der Waals surface area contributed by atoms with E-state index in [0.29, 0.717) is 6.10 Å². The predicted octanol–water partition coefficient (Wildman–Crippen LogP) is 3.28. The molecule has 0 aromatic heterocycles. The van der Waals surface area contributed by atoms with Gasteiger partial charge in [-0.2, -0.15) is 0 Å². The lowest BCUT2D eigenvalue weighted by Crippen LogP contribution is -2.59. The third kappa shape index (κ3) is 2.15. The monoisotopic (exact) mass is 238 g/mol. The Labute approximate surface area is 105 Å². The summed E-state index contributed by atoms with van der Waals surface area (Å²) < 4.78 is 6.09. The van der Waals surface area contributed by atoms with Crippen molar-refractivity contribution in [3.63, 3.8) is 0 Å². The molecular formula is C15H26O2. The predicted molar refractivity (Wildman–Crippen MR) is 67.8 cm³/mol. The summed E-state index contributed by atoms with van der Waals surface area (Å²) in [4.78, 5) is 0. The molecule has 0 amide bonds. The summed E-state index contributed by atoms with van der Waals surface area (Å²) in [5.41, 5.74) is 0.165. The van der Waals surface area contributed by atoms with Crippen LogP contribution in [0.3, 0.4) is 0 Å². The Kier molecular flexibility index (Phi) is 3.45. The third-order valence-electron chi connectivity index (χ3n) is 5.60. The van der Waals surface area contributed by atoms with Gasteiger partial charge < -0.3 is 9.84 Å². The molecule has 2 heteroatoms. The molecule has 3 rings (SSSR count). The molecule has 0 aromatic rings. The van der Waals surface area contributed by atoms with Gasteiger partial charge >= 0.3 is 0 Å². The fourth-order valence-electron chi connectivity index (χ4n) is 3.98. The lowest BCUT2D eigenvalue weighted by atomic mass is 9.56. The average Bonchev–Trinajstić information content (AvgIpc) is 2.32. The second-order valence-corrected chi connectivity index (χ2v) is 6.49. The molecule has 0 aromatic carbocycles. The maximum atomic E-state index is 10.1. The van der Waals surface area contributed by atoms with E-state index in [2.05, 4.69) is 0 Å². The molecule has 1 N–H and O–H groups in total. The van der Waals surface area contributed by atoms with Gasteiger partial charge in [0.1, 0.15) is 0 Å². The zero-order valence-corrected chi connectivity index (χ0v) is 10.9. The van der Waals surface area contributed by atoms with Crippen molar-refractivity contribution in [3.05, 3.63) is 0 Å². The van der Waals surface area contributed by atoms with E-state index in [9.17, 15) is 5.11 Å². The molecule has 3 fully saturated rings. The molecule has 17 heavy (non-hydrogen) atoms. The van der Waals surface area contributed by atoms with Crippen LogP contribution >= 0.6 is 0 Å². The smallest absolute Gasteiger partial charge is 0.0680 e. The van der Waals surface area contributed by atoms with Crippen molar-refractivity contribution < 1.29 is 9.84 Å². The first kappa shape index (κ1) is 12.0. The van der Waals surface area contributed by atoms with E-state index >= 15 is 0 Å². The zero-order valence-electron chi connectivity index (χ0n) is 10.9. The van der Waals surface area contributed by atoms with Crippen molar-refractivity contribution in [1.82, 2.24) is 0 Å². The summed E-state index contributed by atoms with van der Waals surface area (Å²) in [6.07, 6.45) is 13.0. The van der Waals surface area contributed by atoms with Gasteiger partial charge in [0.05, 0.1) is 12.2 Å². The fourth-order valence-corrected chi connectivity index (χ4v) is 3.98. The molecule has 0 saturated heterocycles. The van der Waals surface area contributed by atoms with Crippen LogP contribution in [-0.2, 0) is 4.74 Å². The van der Waals surface area contributed by atoms with E-state index in [1.165, 1.54) is 57.8 Å². The topological polar surface area (TPSA) is 29.5 Å². The molecule has 3 aliphatic carbocycles. The summed E-state index contributed by atoms with van der Waals surface area (Å²) in [6, 6.07) is 0. The minimum absolute atomic E-state index is 0.0727. The van der Waals surface area contributed by atoms with Crippen LogP contribution in [0.15, 0.2) is 0 Å².